The summed E-state index contributed by atoms with van der Waals surface area (Å²) in [7, 11) is -3.54. The van der Waals surface area contributed by atoms with Crippen LogP contribution in [0.5, 0.6) is 0 Å². The Labute approximate surface area is 149 Å². The zero-order valence-corrected chi connectivity index (χ0v) is 15.3. The zero-order valence-electron chi connectivity index (χ0n) is 13.6. The van der Waals surface area contributed by atoms with E-state index in [1.54, 1.807) is 19.1 Å². The number of carbonyl (C=O) groups excluding carboxylic acids is 1. The molecule has 4 N–H and O–H groups in total. The Balaban J connectivity index is 0.00000208. The van der Waals surface area contributed by atoms with Crippen LogP contribution >= 0.6 is 12.4 Å². The molecule has 6 nitrogen and oxygen atoms in total. The van der Waals surface area contributed by atoms with Gasteiger partial charge in [-0.15, -0.1) is 12.4 Å². The van der Waals surface area contributed by atoms with Crippen molar-refractivity contribution in [2.45, 2.75) is 56.0 Å². The Morgan fingerprint density at radius 1 is 1.21 bits per heavy atom. The van der Waals surface area contributed by atoms with Crippen molar-refractivity contribution in [3.63, 3.8) is 0 Å². The maximum Gasteiger partial charge on any atom is 0.241 e. The van der Waals surface area contributed by atoms with Gasteiger partial charge in [0, 0.05) is 23.7 Å². The minimum Gasteiger partial charge on any atom is -0.328 e. The predicted molar refractivity (Wildman–Crippen MR) is 95.7 cm³/mol. The summed E-state index contributed by atoms with van der Waals surface area (Å²) in [6.45, 7) is 1.75. The number of hydrogen-bond acceptors (Lipinski definition) is 4. The molecular weight excluding hydrogens is 350 g/mol. The van der Waals surface area contributed by atoms with Crippen molar-refractivity contribution < 1.29 is 13.2 Å². The standard InChI is InChI=1S/C16H23N3O3S.ClH/c1-10-2-5-14(18-16(20)11-3-4-12(17)8-11)9-15(10)23(21,22)19-13-6-7-13;/h2,5,9,11-13,19H,3-4,6-8,17H2,1H3,(H,18,20);1H. The van der Waals surface area contributed by atoms with Crippen molar-refractivity contribution in [3.8, 4) is 0 Å². The van der Waals surface area contributed by atoms with E-state index in [1.807, 2.05) is 0 Å². The van der Waals surface area contributed by atoms with Crippen LogP contribution in [-0.2, 0) is 14.8 Å². The first-order valence-corrected chi connectivity index (χ1v) is 9.53. The van der Waals surface area contributed by atoms with Gasteiger partial charge in [0.2, 0.25) is 15.9 Å². The second-order valence-electron chi connectivity index (χ2n) is 6.64. The molecule has 0 heterocycles. The van der Waals surface area contributed by atoms with E-state index >= 15 is 0 Å². The average molecular weight is 374 g/mol. The van der Waals surface area contributed by atoms with Crippen molar-refractivity contribution in [1.29, 1.82) is 0 Å². The lowest BCUT2D eigenvalue weighted by atomic mass is 10.1. The van der Waals surface area contributed by atoms with Crippen molar-refractivity contribution in [2.24, 2.45) is 11.7 Å². The highest BCUT2D eigenvalue weighted by Crippen LogP contribution is 2.28. The predicted octanol–water partition coefficient (Wildman–Crippen LogP) is 1.92. The quantitative estimate of drug-likeness (QED) is 0.733. The number of aryl methyl sites for hydroxylation is 1. The number of benzene rings is 1. The second kappa shape index (κ2) is 7.39. The summed E-state index contributed by atoms with van der Waals surface area (Å²) in [5, 5.41) is 2.83. The summed E-state index contributed by atoms with van der Waals surface area (Å²) < 4.78 is 27.5. The van der Waals surface area contributed by atoms with Gasteiger partial charge in [-0.1, -0.05) is 6.07 Å². The monoisotopic (exact) mass is 373 g/mol. The van der Waals surface area contributed by atoms with Gasteiger partial charge in [-0.25, -0.2) is 13.1 Å². The van der Waals surface area contributed by atoms with Crippen LogP contribution in [0, 0.1) is 12.8 Å². The fourth-order valence-electron chi connectivity index (χ4n) is 2.95. The van der Waals surface area contributed by atoms with Gasteiger partial charge in [0.15, 0.2) is 0 Å². The van der Waals surface area contributed by atoms with Crippen molar-refractivity contribution in [1.82, 2.24) is 4.72 Å². The smallest absolute Gasteiger partial charge is 0.241 e. The summed E-state index contributed by atoms with van der Waals surface area (Å²) in [4.78, 5) is 12.5. The Kier molecular flexibility index (Phi) is 5.91. The van der Waals surface area contributed by atoms with Gasteiger partial charge in [0.25, 0.3) is 0 Å². The molecule has 0 radical (unpaired) electrons. The normalized spacial score (nSPS) is 23.6. The molecule has 24 heavy (non-hydrogen) atoms. The zero-order chi connectivity index (χ0) is 16.6. The van der Waals surface area contributed by atoms with Crippen LogP contribution in [0.25, 0.3) is 0 Å². The van der Waals surface area contributed by atoms with Gasteiger partial charge in [-0.05, 0) is 56.7 Å². The Morgan fingerprint density at radius 3 is 2.50 bits per heavy atom. The second-order valence-corrected chi connectivity index (χ2v) is 8.32. The molecule has 0 saturated heterocycles. The lowest BCUT2D eigenvalue weighted by Gasteiger charge is -2.14. The number of amides is 1. The van der Waals surface area contributed by atoms with Crippen LogP contribution in [0.4, 0.5) is 5.69 Å². The molecule has 8 heteroatoms. The fraction of sp³-hybridized carbons (Fsp3) is 0.562. The molecule has 2 unspecified atom stereocenters. The third-order valence-corrected chi connectivity index (χ3v) is 6.15. The molecule has 2 aliphatic rings. The van der Waals surface area contributed by atoms with Crippen LogP contribution in [0.1, 0.15) is 37.7 Å². The van der Waals surface area contributed by atoms with Gasteiger partial charge in [0.05, 0.1) is 4.90 Å². The van der Waals surface area contributed by atoms with Gasteiger partial charge in [-0.2, -0.15) is 0 Å². The third-order valence-electron chi connectivity index (χ3n) is 4.49. The molecule has 2 aliphatic carbocycles. The lowest BCUT2D eigenvalue weighted by molar-refractivity contribution is -0.119. The summed E-state index contributed by atoms with van der Waals surface area (Å²) in [5.74, 6) is -0.170. The number of carbonyl (C=O) groups is 1. The maximum absolute atomic E-state index is 12.4. The highest BCUT2D eigenvalue weighted by Gasteiger charge is 2.30. The summed E-state index contributed by atoms with van der Waals surface area (Å²) in [6, 6.07) is 5.13. The van der Waals surface area contributed by atoms with E-state index in [1.165, 1.54) is 6.07 Å². The molecule has 134 valence electrons. The van der Waals surface area contributed by atoms with E-state index in [-0.39, 0.29) is 41.2 Å². The molecule has 1 aromatic rings. The topological polar surface area (TPSA) is 101 Å². The van der Waals surface area contributed by atoms with Crippen LogP contribution in [0.2, 0.25) is 0 Å². The maximum atomic E-state index is 12.4. The van der Waals surface area contributed by atoms with Gasteiger partial charge < -0.3 is 11.1 Å². The van der Waals surface area contributed by atoms with Crippen LogP contribution in [-0.4, -0.2) is 26.4 Å². The Morgan fingerprint density at radius 2 is 1.92 bits per heavy atom. The van der Waals surface area contributed by atoms with E-state index in [4.69, 9.17) is 5.73 Å². The molecule has 3 rings (SSSR count). The fourth-order valence-corrected chi connectivity index (χ4v) is 4.53. The Hall–Kier alpha value is -1.15. The van der Waals surface area contributed by atoms with E-state index in [9.17, 15) is 13.2 Å². The molecule has 2 saturated carbocycles. The van der Waals surface area contributed by atoms with Crippen molar-refractivity contribution in [2.75, 3.05) is 5.32 Å². The summed E-state index contributed by atoms with van der Waals surface area (Å²) >= 11 is 0. The molecule has 2 fully saturated rings. The summed E-state index contributed by atoms with van der Waals surface area (Å²) in [5.41, 5.74) is 7.02. The highest BCUT2D eigenvalue weighted by molar-refractivity contribution is 7.89. The number of nitrogens with two attached hydrogens (primary N) is 1. The molecule has 0 bridgehead atoms. The van der Waals surface area contributed by atoms with Gasteiger partial charge >= 0.3 is 0 Å². The molecule has 1 amide bonds. The number of hydrogen-bond donors (Lipinski definition) is 3. The number of rotatable bonds is 5. The largest absolute Gasteiger partial charge is 0.328 e. The van der Waals surface area contributed by atoms with Crippen LogP contribution in [0.3, 0.4) is 0 Å². The van der Waals surface area contributed by atoms with E-state index in [0.717, 1.165) is 25.7 Å². The third kappa shape index (κ3) is 4.47. The van der Waals surface area contributed by atoms with Gasteiger partial charge in [0.1, 0.15) is 0 Å². The van der Waals surface area contributed by atoms with Crippen LogP contribution < -0.4 is 15.8 Å². The number of nitrogens with one attached hydrogen (secondary N) is 2. The first-order chi connectivity index (χ1) is 10.8. The number of sulfonamides is 1. The van der Waals surface area contributed by atoms with E-state index in [0.29, 0.717) is 17.7 Å². The van der Waals surface area contributed by atoms with Crippen LogP contribution in [0.15, 0.2) is 23.1 Å². The average Bonchev–Trinajstić information content (AvgIpc) is 3.17. The first kappa shape index (κ1) is 19.2. The minimum atomic E-state index is -3.54. The van der Waals surface area contributed by atoms with Crippen molar-refractivity contribution >= 4 is 34.0 Å². The Bertz CT molecular complexity index is 719. The number of anilines is 1. The van der Waals surface area contributed by atoms with Crippen molar-refractivity contribution in [3.05, 3.63) is 23.8 Å². The molecule has 0 aliphatic heterocycles. The molecular formula is C16H24ClN3O3S. The summed E-state index contributed by atoms with van der Waals surface area (Å²) in [6.07, 6.45) is 4.10. The molecule has 0 aromatic heterocycles. The molecule has 2 atom stereocenters. The number of halogens is 1. The molecule has 0 spiro atoms. The van der Waals surface area contributed by atoms with Gasteiger partial charge in [-0.3, -0.25) is 4.79 Å². The highest BCUT2D eigenvalue weighted by atomic mass is 35.5. The minimum absolute atomic E-state index is 0. The SMILES string of the molecule is Cc1ccc(NC(=O)C2CCC(N)C2)cc1S(=O)(=O)NC1CC1.Cl. The van der Waals surface area contributed by atoms with E-state index < -0.39 is 10.0 Å². The molecule has 1 aromatic carbocycles. The lowest BCUT2D eigenvalue weighted by Crippen LogP contribution is -2.27. The van der Waals surface area contributed by atoms with E-state index in [2.05, 4.69) is 10.0 Å². The first-order valence-electron chi connectivity index (χ1n) is 8.04.